The molecule has 0 aromatic heterocycles. The number of esters is 1. The lowest BCUT2D eigenvalue weighted by Gasteiger charge is -2.06. The SMILES string of the molecule is CCCCOC(=O)CNC(=O)c1ccc(C(=O)C(C)=O)cc1. The van der Waals surface area contributed by atoms with Gasteiger partial charge < -0.3 is 10.1 Å². The maximum absolute atomic E-state index is 11.8. The molecule has 0 atom stereocenters. The molecule has 0 aliphatic carbocycles. The fraction of sp³-hybridized carbons (Fsp3) is 0.375. The van der Waals surface area contributed by atoms with Gasteiger partial charge in [0.1, 0.15) is 6.54 Å². The zero-order valence-corrected chi connectivity index (χ0v) is 12.7. The number of Topliss-reactive ketones (excluding diaryl/α,β-unsaturated/α-hetero) is 2. The topological polar surface area (TPSA) is 89.5 Å². The summed E-state index contributed by atoms with van der Waals surface area (Å²) in [5, 5.41) is 2.43. The lowest BCUT2D eigenvalue weighted by atomic mass is 10.1. The summed E-state index contributed by atoms with van der Waals surface area (Å²) in [6.07, 6.45) is 1.70. The molecule has 1 rings (SSSR count). The molecule has 6 nitrogen and oxygen atoms in total. The van der Waals surface area contributed by atoms with Crippen LogP contribution < -0.4 is 5.32 Å². The Morgan fingerprint density at radius 2 is 1.64 bits per heavy atom. The Bertz CT molecular complexity index is 562. The number of hydrogen-bond donors (Lipinski definition) is 1. The second kappa shape index (κ2) is 8.71. The number of benzene rings is 1. The van der Waals surface area contributed by atoms with Gasteiger partial charge in [0.25, 0.3) is 5.91 Å². The summed E-state index contributed by atoms with van der Waals surface area (Å²) >= 11 is 0. The van der Waals surface area contributed by atoms with Crippen LogP contribution in [0.1, 0.15) is 47.4 Å². The van der Waals surface area contributed by atoms with Gasteiger partial charge in [0.15, 0.2) is 5.78 Å². The van der Waals surface area contributed by atoms with E-state index in [0.717, 1.165) is 12.8 Å². The molecule has 0 bridgehead atoms. The van der Waals surface area contributed by atoms with Crippen molar-refractivity contribution in [1.29, 1.82) is 0 Å². The van der Waals surface area contributed by atoms with Crippen LogP contribution in [0, 0.1) is 0 Å². The van der Waals surface area contributed by atoms with Gasteiger partial charge in [-0.2, -0.15) is 0 Å². The van der Waals surface area contributed by atoms with Crippen molar-refractivity contribution in [2.24, 2.45) is 0 Å². The van der Waals surface area contributed by atoms with Crippen LogP contribution in [0.15, 0.2) is 24.3 Å². The molecular weight excluding hydrogens is 286 g/mol. The third kappa shape index (κ3) is 5.47. The number of rotatable bonds is 8. The monoisotopic (exact) mass is 305 g/mol. The van der Waals surface area contributed by atoms with Crippen molar-refractivity contribution in [3.05, 3.63) is 35.4 Å². The van der Waals surface area contributed by atoms with Crippen LogP contribution >= 0.6 is 0 Å². The fourth-order valence-electron chi connectivity index (χ4n) is 1.61. The van der Waals surface area contributed by atoms with Gasteiger partial charge in [-0.3, -0.25) is 19.2 Å². The Balaban J connectivity index is 2.51. The smallest absolute Gasteiger partial charge is 0.325 e. The molecule has 1 aromatic carbocycles. The molecule has 0 saturated carbocycles. The average Bonchev–Trinajstić information content (AvgIpc) is 2.52. The van der Waals surface area contributed by atoms with Crippen LogP contribution in [0.3, 0.4) is 0 Å². The van der Waals surface area contributed by atoms with Crippen molar-refractivity contribution in [1.82, 2.24) is 5.32 Å². The van der Waals surface area contributed by atoms with Gasteiger partial charge >= 0.3 is 5.97 Å². The van der Waals surface area contributed by atoms with E-state index < -0.39 is 23.4 Å². The number of unbranched alkanes of at least 4 members (excludes halogenated alkanes) is 1. The zero-order chi connectivity index (χ0) is 16.5. The summed E-state index contributed by atoms with van der Waals surface area (Å²) in [6.45, 7) is 3.30. The second-order valence-electron chi connectivity index (χ2n) is 4.72. The Morgan fingerprint density at radius 3 is 2.18 bits per heavy atom. The fourth-order valence-corrected chi connectivity index (χ4v) is 1.61. The Hall–Kier alpha value is -2.50. The third-order valence-electron chi connectivity index (χ3n) is 2.88. The number of hydrogen-bond acceptors (Lipinski definition) is 5. The first-order valence-electron chi connectivity index (χ1n) is 7.04. The summed E-state index contributed by atoms with van der Waals surface area (Å²) in [7, 11) is 0. The van der Waals surface area contributed by atoms with Gasteiger partial charge in [-0.05, 0) is 18.6 Å². The normalized spacial score (nSPS) is 9.91. The van der Waals surface area contributed by atoms with Crippen molar-refractivity contribution >= 4 is 23.4 Å². The van der Waals surface area contributed by atoms with Gasteiger partial charge in [-0.15, -0.1) is 0 Å². The van der Waals surface area contributed by atoms with E-state index in [4.69, 9.17) is 4.74 Å². The van der Waals surface area contributed by atoms with Gasteiger partial charge in [-0.1, -0.05) is 25.5 Å². The van der Waals surface area contributed by atoms with Gasteiger partial charge in [0.05, 0.1) is 6.61 Å². The van der Waals surface area contributed by atoms with Crippen molar-refractivity contribution in [3.8, 4) is 0 Å². The third-order valence-corrected chi connectivity index (χ3v) is 2.88. The molecule has 0 radical (unpaired) electrons. The summed E-state index contributed by atoms with van der Waals surface area (Å²) < 4.78 is 4.91. The van der Waals surface area contributed by atoms with Crippen molar-refractivity contribution in [3.63, 3.8) is 0 Å². The van der Waals surface area contributed by atoms with E-state index in [2.05, 4.69) is 5.32 Å². The van der Waals surface area contributed by atoms with Crippen LogP contribution in [-0.2, 0) is 14.3 Å². The first kappa shape index (κ1) is 17.6. The number of nitrogens with one attached hydrogen (secondary N) is 1. The summed E-state index contributed by atoms with van der Waals surface area (Å²) in [6, 6.07) is 5.65. The minimum atomic E-state index is -0.605. The molecule has 0 aliphatic heterocycles. The quantitative estimate of drug-likeness (QED) is 0.340. The highest BCUT2D eigenvalue weighted by atomic mass is 16.5. The molecule has 0 unspecified atom stereocenters. The first-order valence-corrected chi connectivity index (χ1v) is 7.04. The lowest BCUT2D eigenvalue weighted by Crippen LogP contribution is -2.30. The predicted octanol–water partition coefficient (Wildman–Crippen LogP) is 1.53. The van der Waals surface area contributed by atoms with Crippen molar-refractivity contribution in [2.45, 2.75) is 26.7 Å². The number of amides is 1. The summed E-state index contributed by atoms with van der Waals surface area (Å²) in [4.78, 5) is 45.6. The van der Waals surface area contributed by atoms with Gasteiger partial charge in [0, 0.05) is 18.1 Å². The van der Waals surface area contributed by atoms with E-state index in [1.54, 1.807) is 0 Å². The molecule has 1 aromatic rings. The molecule has 118 valence electrons. The number of carbonyl (C=O) groups excluding carboxylic acids is 4. The van der Waals surface area contributed by atoms with E-state index in [0.29, 0.717) is 12.2 Å². The van der Waals surface area contributed by atoms with Crippen LogP contribution in [0.25, 0.3) is 0 Å². The molecule has 0 fully saturated rings. The first-order chi connectivity index (χ1) is 10.5. The largest absolute Gasteiger partial charge is 0.464 e. The molecule has 1 amide bonds. The second-order valence-corrected chi connectivity index (χ2v) is 4.72. The molecule has 0 aliphatic rings. The van der Waals surface area contributed by atoms with Crippen molar-refractivity contribution in [2.75, 3.05) is 13.2 Å². The van der Waals surface area contributed by atoms with Gasteiger partial charge in [0.2, 0.25) is 5.78 Å². The Labute approximate surface area is 128 Å². The van der Waals surface area contributed by atoms with Crippen LogP contribution in [0.4, 0.5) is 0 Å². The summed E-state index contributed by atoms with van der Waals surface area (Å²) in [5.41, 5.74) is 0.518. The number of ether oxygens (including phenoxy) is 1. The molecule has 1 N–H and O–H groups in total. The molecule has 0 heterocycles. The van der Waals surface area contributed by atoms with E-state index >= 15 is 0 Å². The summed E-state index contributed by atoms with van der Waals surface area (Å²) in [5.74, 6) is -2.11. The molecular formula is C16H19NO5. The minimum Gasteiger partial charge on any atom is -0.464 e. The average molecular weight is 305 g/mol. The highest BCUT2D eigenvalue weighted by Crippen LogP contribution is 2.06. The minimum absolute atomic E-state index is 0.212. The predicted molar refractivity (Wildman–Crippen MR) is 79.7 cm³/mol. The van der Waals surface area contributed by atoms with Crippen LogP contribution in [0.5, 0.6) is 0 Å². The van der Waals surface area contributed by atoms with Crippen LogP contribution in [0.2, 0.25) is 0 Å². The van der Waals surface area contributed by atoms with E-state index in [1.165, 1.54) is 31.2 Å². The highest BCUT2D eigenvalue weighted by Gasteiger charge is 2.13. The zero-order valence-electron chi connectivity index (χ0n) is 12.7. The van der Waals surface area contributed by atoms with E-state index in [-0.39, 0.29) is 12.1 Å². The molecule has 22 heavy (non-hydrogen) atoms. The van der Waals surface area contributed by atoms with E-state index in [9.17, 15) is 19.2 Å². The number of ketones is 2. The van der Waals surface area contributed by atoms with E-state index in [1.807, 2.05) is 6.92 Å². The van der Waals surface area contributed by atoms with Crippen LogP contribution in [-0.4, -0.2) is 36.6 Å². The lowest BCUT2D eigenvalue weighted by molar-refractivity contribution is -0.142. The number of carbonyl (C=O) groups is 4. The Kier molecular flexibility index (Phi) is 6.95. The van der Waals surface area contributed by atoms with Gasteiger partial charge in [-0.25, -0.2) is 0 Å². The molecule has 0 saturated heterocycles. The molecule has 0 spiro atoms. The molecule has 6 heteroatoms. The maximum atomic E-state index is 11.8. The maximum Gasteiger partial charge on any atom is 0.325 e. The highest BCUT2D eigenvalue weighted by molar-refractivity contribution is 6.42. The standard InChI is InChI=1S/C16H19NO5/c1-3-4-9-22-14(19)10-17-16(21)13-7-5-12(6-8-13)15(20)11(2)18/h5-8H,3-4,9-10H2,1-2H3,(H,17,21). The van der Waals surface area contributed by atoms with Crippen molar-refractivity contribution < 1.29 is 23.9 Å². The Morgan fingerprint density at radius 1 is 1.05 bits per heavy atom.